The van der Waals surface area contributed by atoms with Crippen molar-refractivity contribution in [3.05, 3.63) is 0 Å². The summed E-state index contributed by atoms with van der Waals surface area (Å²) in [6.07, 6.45) is 97.8. The first-order valence-electron chi connectivity index (χ1n) is 45.6. The predicted molar refractivity (Wildman–Crippen MR) is 437 cm³/mol. The van der Waals surface area contributed by atoms with Gasteiger partial charge in [0.25, 0.3) is 17.9 Å². The number of aliphatic carboxylic acids is 2. The number of unbranched alkanes of at least 4 members (excludes halogenated alkanes) is 70. The third-order valence-electron chi connectivity index (χ3n) is 20.6. The number of carboxylic acids is 2. The quantitative estimate of drug-likeness (QED) is 0.0444. The van der Waals surface area contributed by atoms with Crippen LogP contribution in [0.4, 0.5) is 0 Å². The van der Waals surface area contributed by atoms with E-state index in [0.29, 0.717) is 12.8 Å². The molecule has 0 unspecified atom stereocenters. The van der Waals surface area contributed by atoms with Crippen LogP contribution in [0.2, 0.25) is 0 Å². The number of hydrogen-bond donors (Lipinski definition) is 2. The molecule has 0 bridgehead atoms. The van der Waals surface area contributed by atoms with Crippen molar-refractivity contribution in [2.75, 3.05) is 0 Å². The van der Waals surface area contributed by atoms with E-state index >= 15 is 0 Å². The SMILES string of the molecule is CCCCCCCCCCCCCCCCCC(=O)O.CCCCCCCCCCCCCCCCCC(=O)O.CCCCCCCCCCCCCCCCCC(=O)OB(OC(=O)CCCCCCCCCCCCCCCCC)OC(=O)CCCCCCCCCCCCCCCCC.[Zn]. The van der Waals surface area contributed by atoms with Gasteiger partial charge in [0.1, 0.15) is 0 Å². The molecule has 602 valence electrons. The first-order chi connectivity index (χ1) is 49.6. The summed E-state index contributed by atoms with van der Waals surface area (Å²) in [5, 5.41) is 17.0. The van der Waals surface area contributed by atoms with Gasteiger partial charge in [-0.25, -0.2) is 0 Å². The maximum absolute atomic E-state index is 12.8. The fraction of sp³-hybridized carbons (Fsp3) is 0.944. The standard InChI is InChI=1S/C54H105BO6.2C18H36O2.Zn/c1-4-7-10-13-16-19-22-25-28-31-34-37-40-43-46-49-52(56)59-55(60-53(57)50-47-44-41-38-35-32-29-26-23-20-17-14-11-8-5-2)61-54(58)51-48-45-42-39-36-33-30-27-24-21-18-15-12-9-6-3;2*1-2-3-4-5-6-7-8-9-10-11-12-13-14-15-16-17-18(19)20;/h4-51H2,1-3H3;2*2-17H2,1H3,(H,19,20);. The van der Waals surface area contributed by atoms with Gasteiger partial charge in [-0.3, -0.25) is 24.0 Å². The summed E-state index contributed by atoms with van der Waals surface area (Å²) in [5.41, 5.74) is 0. The third kappa shape index (κ3) is 102. The number of hydrogen-bond acceptors (Lipinski definition) is 8. The molecular formula is C90H177BO10Zn. The smallest absolute Gasteiger partial charge is 0.481 e. The van der Waals surface area contributed by atoms with Crippen molar-refractivity contribution >= 4 is 37.2 Å². The normalized spacial score (nSPS) is 11.0. The van der Waals surface area contributed by atoms with Crippen LogP contribution in [-0.2, 0) is 57.4 Å². The summed E-state index contributed by atoms with van der Waals surface area (Å²) in [4.78, 5) is 58.9. The van der Waals surface area contributed by atoms with E-state index in [1.54, 1.807) is 0 Å². The largest absolute Gasteiger partial charge is 0.870 e. The molecule has 0 aromatic heterocycles. The monoisotopic (exact) mass is 1490 g/mol. The average molecular weight is 1500 g/mol. The second-order valence-corrected chi connectivity index (χ2v) is 31.0. The molecule has 0 aromatic carbocycles. The molecule has 12 heteroatoms. The molecule has 0 saturated heterocycles. The van der Waals surface area contributed by atoms with Crippen molar-refractivity contribution in [2.45, 2.75) is 548 Å². The molecule has 0 aromatic rings. The third-order valence-corrected chi connectivity index (χ3v) is 20.6. The molecule has 102 heavy (non-hydrogen) atoms. The Labute approximate surface area is 649 Å². The van der Waals surface area contributed by atoms with Crippen molar-refractivity contribution < 1.29 is 67.6 Å². The van der Waals surface area contributed by atoms with Crippen LogP contribution in [-0.4, -0.2) is 47.4 Å². The number of carbonyl (C=O) groups excluding carboxylic acids is 3. The van der Waals surface area contributed by atoms with Gasteiger partial charge in [-0.2, -0.15) is 0 Å². The van der Waals surface area contributed by atoms with E-state index in [1.807, 2.05) is 0 Å². The molecule has 0 spiro atoms. The molecule has 0 aliphatic carbocycles. The first kappa shape index (κ1) is 106. The Kier molecular flexibility index (Phi) is 101. The summed E-state index contributed by atoms with van der Waals surface area (Å²) in [5.74, 6) is -2.72. The van der Waals surface area contributed by atoms with Crippen LogP contribution in [0.25, 0.3) is 0 Å². The van der Waals surface area contributed by atoms with Crippen LogP contribution in [0.1, 0.15) is 548 Å². The van der Waals surface area contributed by atoms with Crippen LogP contribution in [0.5, 0.6) is 0 Å². The zero-order valence-electron chi connectivity index (χ0n) is 69.5. The van der Waals surface area contributed by atoms with Gasteiger partial charge in [0.05, 0.1) is 0 Å². The second kappa shape index (κ2) is 97.0. The first-order valence-corrected chi connectivity index (χ1v) is 45.6. The van der Waals surface area contributed by atoms with Gasteiger partial charge in [0, 0.05) is 51.6 Å². The van der Waals surface area contributed by atoms with Gasteiger partial charge >= 0.3 is 19.3 Å². The van der Waals surface area contributed by atoms with E-state index in [4.69, 9.17) is 24.2 Å². The van der Waals surface area contributed by atoms with Gasteiger partial charge in [-0.15, -0.1) is 0 Å². The molecular weight excluding hydrogens is 1320 g/mol. The summed E-state index contributed by atoms with van der Waals surface area (Å²) in [6, 6.07) is 0. The van der Waals surface area contributed by atoms with Crippen molar-refractivity contribution in [3.8, 4) is 0 Å². The molecule has 0 atom stereocenters. The van der Waals surface area contributed by atoms with Crippen molar-refractivity contribution in [1.29, 1.82) is 0 Å². The Balaban J connectivity index is -0.000000944. The van der Waals surface area contributed by atoms with Crippen LogP contribution in [0, 0.1) is 0 Å². The number of carboxylic acid groups (broad SMARTS) is 2. The molecule has 2 N–H and O–H groups in total. The van der Waals surface area contributed by atoms with Gasteiger partial charge < -0.3 is 24.2 Å². The van der Waals surface area contributed by atoms with E-state index in [9.17, 15) is 24.0 Å². The minimum Gasteiger partial charge on any atom is -0.481 e. The molecule has 0 aliphatic rings. The molecule has 0 heterocycles. The van der Waals surface area contributed by atoms with Gasteiger partial charge in [0.15, 0.2) is 0 Å². The Hall–Kier alpha value is -1.96. The molecule has 0 radical (unpaired) electrons. The van der Waals surface area contributed by atoms with Crippen molar-refractivity contribution in [3.63, 3.8) is 0 Å². The Bertz CT molecular complexity index is 1480. The minimum absolute atomic E-state index is 0. The van der Waals surface area contributed by atoms with E-state index in [1.165, 1.54) is 398 Å². The fourth-order valence-corrected chi connectivity index (χ4v) is 13.8. The number of rotatable bonds is 83. The van der Waals surface area contributed by atoms with Crippen LogP contribution in [0.15, 0.2) is 0 Å². The fourth-order valence-electron chi connectivity index (χ4n) is 13.8. The Morgan fingerprint density at radius 1 is 0.176 bits per heavy atom. The Morgan fingerprint density at radius 2 is 0.275 bits per heavy atom. The maximum atomic E-state index is 12.8. The topological polar surface area (TPSA) is 153 Å². The van der Waals surface area contributed by atoms with Crippen LogP contribution < -0.4 is 0 Å². The summed E-state index contributed by atoms with van der Waals surface area (Å²) in [7, 11) is -1.59. The number of carbonyl (C=O) groups is 5. The van der Waals surface area contributed by atoms with E-state index in [2.05, 4.69) is 34.6 Å². The van der Waals surface area contributed by atoms with Crippen LogP contribution in [0.3, 0.4) is 0 Å². The molecule has 10 nitrogen and oxygen atoms in total. The molecule has 0 aliphatic heterocycles. The molecule has 0 amide bonds. The van der Waals surface area contributed by atoms with Gasteiger partial charge in [-0.1, -0.05) is 484 Å². The van der Waals surface area contributed by atoms with Gasteiger partial charge in [-0.05, 0) is 32.1 Å². The molecule has 0 fully saturated rings. The zero-order chi connectivity index (χ0) is 74.2. The van der Waals surface area contributed by atoms with Gasteiger partial charge in [0.2, 0.25) is 0 Å². The minimum atomic E-state index is -1.59. The van der Waals surface area contributed by atoms with Crippen LogP contribution >= 0.6 is 0 Å². The molecule has 0 rings (SSSR count). The van der Waals surface area contributed by atoms with E-state index in [0.717, 1.165) is 83.5 Å². The van der Waals surface area contributed by atoms with E-state index in [-0.39, 0.29) is 38.7 Å². The van der Waals surface area contributed by atoms with E-state index < -0.39 is 37.2 Å². The second-order valence-electron chi connectivity index (χ2n) is 31.0. The molecule has 0 saturated carbocycles. The van der Waals surface area contributed by atoms with Crippen molar-refractivity contribution in [1.82, 2.24) is 0 Å². The summed E-state index contributed by atoms with van der Waals surface area (Å²) in [6.45, 7) is 11.4. The maximum Gasteiger partial charge on any atom is 0.870 e. The average Bonchev–Trinajstić information content (AvgIpc) is 1.13. The summed E-state index contributed by atoms with van der Waals surface area (Å²) >= 11 is 0. The zero-order valence-corrected chi connectivity index (χ0v) is 72.5. The van der Waals surface area contributed by atoms with Crippen molar-refractivity contribution in [2.24, 2.45) is 0 Å². The summed E-state index contributed by atoms with van der Waals surface area (Å²) < 4.78 is 16.3. The Morgan fingerprint density at radius 3 is 0.382 bits per heavy atom. The predicted octanol–water partition coefficient (Wildman–Crippen LogP) is 31.0.